The van der Waals surface area contributed by atoms with Crippen molar-refractivity contribution in [3.63, 3.8) is 0 Å². The molecule has 2 nitrogen and oxygen atoms in total. The van der Waals surface area contributed by atoms with Crippen LogP contribution in [0.15, 0.2) is 12.1 Å². The molecular formula is C12H20N2. The van der Waals surface area contributed by atoms with E-state index in [-0.39, 0.29) is 0 Å². The Bertz CT molecular complexity index is 274. The van der Waals surface area contributed by atoms with Crippen LogP contribution in [-0.4, -0.2) is 0 Å². The predicted octanol–water partition coefficient (Wildman–Crippen LogP) is 2.76. The van der Waals surface area contributed by atoms with Gasteiger partial charge in [0.1, 0.15) is 0 Å². The Morgan fingerprint density at radius 1 is 0.857 bits per heavy atom. The average molecular weight is 192 g/mol. The van der Waals surface area contributed by atoms with E-state index in [0.717, 1.165) is 37.1 Å². The second-order valence-corrected chi connectivity index (χ2v) is 3.70. The SMILES string of the molecule is CCCc1c(N)ccc(N)c1CCC. The minimum atomic E-state index is 0.893. The third-order valence-electron chi connectivity index (χ3n) is 2.50. The van der Waals surface area contributed by atoms with E-state index >= 15 is 0 Å². The third-order valence-corrected chi connectivity index (χ3v) is 2.50. The molecule has 78 valence electrons. The Balaban J connectivity index is 3.12. The van der Waals surface area contributed by atoms with Gasteiger partial charge in [-0.2, -0.15) is 0 Å². The number of hydrogen-bond acceptors (Lipinski definition) is 2. The summed E-state index contributed by atoms with van der Waals surface area (Å²) in [6.45, 7) is 4.33. The molecule has 0 fully saturated rings. The summed E-state index contributed by atoms with van der Waals surface area (Å²) >= 11 is 0. The Morgan fingerprint density at radius 3 is 1.50 bits per heavy atom. The maximum absolute atomic E-state index is 5.95. The summed E-state index contributed by atoms with van der Waals surface area (Å²) in [6.07, 6.45) is 4.30. The van der Waals surface area contributed by atoms with Crippen molar-refractivity contribution >= 4 is 11.4 Å². The first kappa shape index (κ1) is 10.9. The average Bonchev–Trinajstić information content (AvgIpc) is 2.17. The summed E-state index contributed by atoms with van der Waals surface area (Å²) < 4.78 is 0. The fraction of sp³-hybridized carbons (Fsp3) is 0.500. The molecule has 0 spiro atoms. The molecule has 1 rings (SSSR count). The van der Waals surface area contributed by atoms with Crippen LogP contribution in [0.5, 0.6) is 0 Å². The molecule has 2 heteroatoms. The minimum absolute atomic E-state index is 0.893. The maximum atomic E-state index is 5.95. The standard InChI is InChI=1S/C12H20N2/c1-3-5-9-10(6-4-2)12(14)8-7-11(9)13/h7-8H,3-6,13-14H2,1-2H3. The molecule has 0 unspecified atom stereocenters. The summed E-state index contributed by atoms with van der Waals surface area (Å²) in [7, 11) is 0. The van der Waals surface area contributed by atoms with Gasteiger partial charge in [0.25, 0.3) is 0 Å². The molecule has 0 aliphatic carbocycles. The van der Waals surface area contributed by atoms with Gasteiger partial charge in [0, 0.05) is 11.4 Å². The molecule has 0 radical (unpaired) electrons. The predicted molar refractivity (Wildman–Crippen MR) is 63.3 cm³/mol. The monoisotopic (exact) mass is 192 g/mol. The second-order valence-electron chi connectivity index (χ2n) is 3.70. The summed E-state index contributed by atoms with van der Waals surface area (Å²) in [5, 5.41) is 0. The number of nitrogen functional groups attached to an aromatic ring is 2. The van der Waals surface area contributed by atoms with Crippen LogP contribution in [0.3, 0.4) is 0 Å². The van der Waals surface area contributed by atoms with Gasteiger partial charge in [-0.25, -0.2) is 0 Å². The Labute approximate surface area is 86.3 Å². The van der Waals surface area contributed by atoms with Gasteiger partial charge in [-0.05, 0) is 36.1 Å². The molecule has 0 aliphatic rings. The summed E-state index contributed by atoms with van der Waals surface area (Å²) in [5.41, 5.74) is 16.2. The van der Waals surface area contributed by atoms with E-state index in [1.54, 1.807) is 0 Å². The first-order chi connectivity index (χ1) is 6.70. The number of rotatable bonds is 4. The van der Waals surface area contributed by atoms with E-state index in [9.17, 15) is 0 Å². The molecular weight excluding hydrogens is 172 g/mol. The highest BCUT2D eigenvalue weighted by Crippen LogP contribution is 2.25. The highest BCUT2D eigenvalue weighted by Gasteiger charge is 2.08. The van der Waals surface area contributed by atoms with Gasteiger partial charge in [0.2, 0.25) is 0 Å². The largest absolute Gasteiger partial charge is 0.398 e. The number of nitrogens with two attached hydrogens (primary N) is 2. The van der Waals surface area contributed by atoms with E-state index in [4.69, 9.17) is 11.5 Å². The second kappa shape index (κ2) is 4.89. The van der Waals surface area contributed by atoms with Crippen molar-refractivity contribution < 1.29 is 0 Å². The molecule has 0 bridgehead atoms. The first-order valence-electron chi connectivity index (χ1n) is 5.36. The zero-order valence-corrected chi connectivity index (χ0v) is 9.14. The van der Waals surface area contributed by atoms with E-state index in [0.29, 0.717) is 0 Å². The summed E-state index contributed by atoms with van der Waals surface area (Å²) in [5.74, 6) is 0. The topological polar surface area (TPSA) is 52.0 Å². The smallest absolute Gasteiger partial charge is 0.0350 e. The Hall–Kier alpha value is -1.18. The van der Waals surface area contributed by atoms with Gasteiger partial charge >= 0.3 is 0 Å². The molecule has 0 amide bonds. The van der Waals surface area contributed by atoms with Crippen LogP contribution in [0.25, 0.3) is 0 Å². The zero-order chi connectivity index (χ0) is 10.6. The minimum Gasteiger partial charge on any atom is -0.398 e. The molecule has 14 heavy (non-hydrogen) atoms. The lowest BCUT2D eigenvalue weighted by Crippen LogP contribution is -2.04. The normalized spacial score (nSPS) is 10.4. The fourth-order valence-electron chi connectivity index (χ4n) is 1.82. The lowest BCUT2D eigenvalue weighted by molar-refractivity contribution is 0.866. The molecule has 1 aromatic rings. The highest BCUT2D eigenvalue weighted by molar-refractivity contribution is 5.62. The van der Waals surface area contributed by atoms with Crippen molar-refractivity contribution in [3.8, 4) is 0 Å². The number of benzene rings is 1. The van der Waals surface area contributed by atoms with Crippen molar-refractivity contribution in [1.29, 1.82) is 0 Å². The molecule has 0 aromatic heterocycles. The Morgan fingerprint density at radius 2 is 1.21 bits per heavy atom. The van der Waals surface area contributed by atoms with Crippen LogP contribution in [0.1, 0.15) is 37.8 Å². The van der Waals surface area contributed by atoms with Crippen molar-refractivity contribution in [2.24, 2.45) is 0 Å². The van der Waals surface area contributed by atoms with Gasteiger partial charge in [-0.15, -0.1) is 0 Å². The quantitative estimate of drug-likeness (QED) is 0.721. The van der Waals surface area contributed by atoms with Crippen LogP contribution in [-0.2, 0) is 12.8 Å². The molecule has 1 aromatic carbocycles. The van der Waals surface area contributed by atoms with Crippen molar-refractivity contribution in [1.82, 2.24) is 0 Å². The maximum Gasteiger partial charge on any atom is 0.0350 e. The van der Waals surface area contributed by atoms with Gasteiger partial charge in [0.15, 0.2) is 0 Å². The number of hydrogen-bond donors (Lipinski definition) is 2. The molecule has 4 N–H and O–H groups in total. The van der Waals surface area contributed by atoms with E-state index in [1.807, 2.05) is 12.1 Å². The van der Waals surface area contributed by atoms with Crippen LogP contribution in [0.2, 0.25) is 0 Å². The molecule has 0 aliphatic heterocycles. The number of anilines is 2. The van der Waals surface area contributed by atoms with Crippen molar-refractivity contribution in [2.75, 3.05) is 11.5 Å². The zero-order valence-electron chi connectivity index (χ0n) is 9.14. The van der Waals surface area contributed by atoms with Crippen LogP contribution in [0, 0.1) is 0 Å². The van der Waals surface area contributed by atoms with Crippen LogP contribution >= 0.6 is 0 Å². The summed E-state index contributed by atoms with van der Waals surface area (Å²) in [6, 6.07) is 3.83. The van der Waals surface area contributed by atoms with E-state index < -0.39 is 0 Å². The van der Waals surface area contributed by atoms with Crippen LogP contribution < -0.4 is 11.5 Å². The third kappa shape index (κ3) is 2.19. The van der Waals surface area contributed by atoms with E-state index in [2.05, 4.69) is 13.8 Å². The van der Waals surface area contributed by atoms with Gasteiger partial charge in [-0.1, -0.05) is 26.7 Å². The Kier molecular flexibility index (Phi) is 3.81. The molecule has 0 saturated carbocycles. The molecule has 0 atom stereocenters. The van der Waals surface area contributed by atoms with Crippen molar-refractivity contribution in [2.45, 2.75) is 39.5 Å². The molecule has 0 heterocycles. The lowest BCUT2D eigenvalue weighted by atomic mass is 9.96. The highest BCUT2D eigenvalue weighted by atomic mass is 14.6. The van der Waals surface area contributed by atoms with Crippen LogP contribution in [0.4, 0.5) is 11.4 Å². The van der Waals surface area contributed by atoms with Gasteiger partial charge < -0.3 is 11.5 Å². The summed E-state index contributed by atoms with van der Waals surface area (Å²) in [4.78, 5) is 0. The van der Waals surface area contributed by atoms with Gasteiger partial charge in [-0.3, -0.25) is 0 Å². The first-order valence-corrected chi connectivity index (χ1v) is 5.36. The lowest BCUT2D eigenvalue weighted by Gasteiger charge is -2.13. The molecule has 0 saturated heterocycles. The fourth-order valence-corrected chi connectivity index (χ4v) is 1.82. The van der Waals surface area contributed by atoms with E-state index in [1.165, 1.54) is 11.1 Å². The van der Waals surface area contributed by atoms with Crippen molar-refractivity contribution in [3.05, 3.63) is 23.3 Å². The van der Waals surface area contributed by atoms with Gasteiger partial charge in [0.05, 0.1) is 0 Å².